The van der Waals surface area contributed by atoms with Gasteiger partial charge in [-0.2, -0.15) is 0 Å². The Morgan fingerprint density at radius 3 is 3.00 bits per heavy atom. The molecule has 0 bridgehead atoms. The molecule has 0 aliphatic carbocycles. The maximum Gasteiger partial charge on any atom is 0.407 e. The van der Waals surface area contributed by atoms with Crippen molar-refractivity contribution >= 4 is 11.9 Å². The smallest absolute Gasteiger partial charge is 0.407 e. The van der Waals surface area contributed by atoms with Gasteiger partial charge >= 0.3 is 6.09 Å². The lowest BCUT2D eigenvalue weighted by atomic mass is 10.3. The Morgan fingerprint density at radius 1 is 1.71 bits per heavy atom. The van der Waals surface area contributed by atoms with Gasteiger partial charge in [-0.05, 0) is 6.92 Å². The largest absolute Gasteiger partial charge is 0.453 e. The second-order valence-corrected chi connectivity index (χ2v) is 2.67. The van der Waals surface area contributed by atoms with Gasteiger partial charge in [-0.25, -0.2) is 14.8 Å². The van der Waals surface area contributed by atoms with Gasteiger partial charge in [0.2, 0.25) is 0 Å². The second kappa shape index (κ2) is 4.40. The molecule has 1 rings (SSSR count). The van der Waals surface area contributed by atoms with Gasteiger partial charge in [0.15, 0.2) is 0 Å². The van der Waals surface area contributed by atoms with E-state index in [4.69, 9.17) is 5.73 Å². The summed E-state index contributed by atoms with van der Waals surface area (Å²) in [7, 11) is 1.30. The number of rotatable bonds is 2. The highest BCUT2D eigenvalue weighted by molar-refractivity contribution is 5.67. The topological polar surface area (TPSA) is 90.1 Å². The number of aryl methyl sites for hydroxylation is 1. The number of nitrogens with one attached hydrogen (secondary N) is 1. The van der Waals surface area contributed by atoms with Crippen LogP contribution < -0.4 is 11.1 Å². The Labute approximate surface area is 81.5 Å². The predicted octanol–water partition coefficient (Wildman–Crippen LogP) is 0.223. The lowest BCUT2D eigenvalue weighted by molar-refractivity contribution is 0.170. The summed E-state index contributed by atoms with van der Waals surface area (Å²) in [4.78, 5) is 18.7. The van der Waals surface area contributed by atoms with Crippen LogP contribution in [-0.2, 0) is 11.3 Å². The molecule has 1 amide bonds. The minimum absolute atomic E-state index is 0.263. The summed E-state index contributed by atoms with van der Waals surface area (Å²) in [5.74, 6) is 0.971. The average molecular weight is 196 g/mol. The Bertz CT molecular complexity index is 340. The van der Waals surface area contributed by atoms with E-state index in [0.717, 1.165) is 0 Å². The minimum atomic E-state index is -0.509. The number of nitrogens with two attached hydrogens (primary N) is 1. The number of nitrogens with zero attached hydrogens (tertiary/aromatic N) is 2. The summed E-state index contributed by atoms with van der Waals surface area (Å²) in [6.45, 7) is 2.01. The third kappa shape index (κ3) is 2.58. The Morgan fingerprint density at radius 2 is 2.43 bits per heavy atom. The molecule has 0 saturated heterocycles. The summed E-state index contributed by atoms with van der Waals surface area (Å²) >= 11 is 0. The third-order valence-electron chi connectivity index (χ3n) is 1.63. The van der Waals surface area contributed by atoms with Crippen molar-refractivity contribution < 1.29 is 9.53 Å². The first kappa shape index (κ1) is 10.2. The molecule has 1 aromatic rings. The zero-order valence-corrected chi connectivity index (χ0v) is 8.07. The second-order valence-electron chi connectivity index (χ2n) is 2.67. The molecular weight excluding hydrogens is 184 g/mol. The number of aromatic nitrogens is 2. The minimum Gasteiger partial charge on any atom is -0.453 e. The van der Waals surface area contributed by atoms with Gasteiger partial charge in [0.1, 0.15) is 11.6 Å². The van der Waals surface area contributed by atoms with Crippen molar-refractivity contribution in [3.05, 3.63) is 17.6 Å². The van der Waals surface area contributed by atoms with Gasteiger partial charge in [0.05, 0.1) is 13.7 Å². The molecule has 0 fully saturated rings. The van der Waals surface area contributed by atoms with Crippen LogP contribution >= 0.6 is 0 Å². The van der Waals surface area contributed by atoms with Gasteiger partial charge in [0, 0.05) is 11.8 Å². The van der Waals surface area contributed by atoms with Gasteiger partial charge in [0.25, 0.3) is 0 Å². The molecule has 0 saturated carbocycles. The van der Waals surface area contributed by atoms with Crippen molar-refractivity contribution in [3.63, 3.8) is 0 Å². The third-order valence-corrected chi connectivity index (χ3v) is 1.63. The molecule has 0 spiro atoms. The fourth-order valence-corrected chi connectivity index (χ4v) is 0.888. The highest BCUT2D eigenvalue weighted by Crippen LogP contribution is 2.06. The molecule has 1 heterocycles. The predicted molar refractivity (Wildman–Crippen MR) is 50.4 cm³/mol. The van der Waals surface area contributed by atoms with Crippen molar-refractivity contribution in [2.24, 2.45) is 0 Å². The van der Waals surface area contributed by atoms with Crippen LogP contribution in [0.15, 0.2) is 6.20 Å². The van der Waals surface area contributed by atoms with E-state index < -0.39 is 6.09 Å². The monoisotopic (exact) mass is 196 g/mol. The average Bonchev–Trinajstić information content (AvgIpc) is 2.16. The highest BCUT2D eigenvalue weighted by atomic mass is 16.5. The molecule has 0 radical (unpaired) electrons. The van der Waals surface area contributed by atoms with E-state index in [1.54, 1.807) is 13.1 Å². The van der Waals surface area contributed by atoms with Gasteiger partial charge in [-0.1, -0.05) is 0 Å². The van der Waals surface area contributed by atoms with Crippen molar-refractivity contribution in [3.8, 4) is 0 Å². The number of amides is 1. The number of carbonyl (C=O) groups excluding carboxylic acids is 1. The molecule has 1 aromatic heterocycles. The molecule has 0 aromatic carbocycles. The maximum atomic E-state index is 10.7. The summed E-state index contributed by atoms with van der Waals surface area (Å²) in [5, 5.41) is 2.49. The first-order chi connectivity index (χ1) is 6.63. The zero-order valence-electron chi connectivity index (χ0n) is 8.07. The molecule has 0 unspecified atom stereocenters. The lowest BCUT2D eigenvalue weighted by Gasteiger charge is -2.05. The van der Waals surface area contributed by atoms with E-state index in [-0.39, 0.29) is 6.54 Å². The van der Waals surface area contributed by atoms with Crippen molar-refractivity contribution in [2.75, 3.05) is 12.8 Å². The number of methoxy groups -OCH3 is 1. The van der Waals surface area contributed by atoms with Crippen LogP contribution in [0.25, 0.3) is 0 Å². The van der Waals surface area contributed by atoms with Crippen molar-refractivity contribution in [1.82, 2.24) is 15.3 Å². The van der Waals surface area contributed by atoms with Crippen molar-refractivity contribution in [2.45, 2.75) is 13.5 Å². The number of alkyl carbamates (subject to hydrolysis) is 1. The van der Waals surface area contributed by atoms with E-state index in [0.29, 0.717) is 17.2 Å². The van der Waals surface area contributed by atoms with Gasteiger partial charge in [-0.3, -0.25) is 0 Å². The zero-order chi connectivity index (χ0) is 10.6. The highest BCUT2D eigenvalue weighted by Gasteiger charge is 2.04. The maximum absolute atomic E-state index is 10.7. The Hall–Kier alpha value is -1.85. The molecule has 0 aliphatic heterocycles. The molecular formula is C8H12N4O2. The lowest BCUT2D eigenvalue weighted by Crippen LogP contribution is -2.23. The standard InChI is InChI=1S/C8H12N4O2/c1-5-10-3-6(7(9)12-5)4-11-8(13)14-2/h3H,4H2,1-2H3,(H,11,13)(H2,9,10,12). The van der Waals surface area contributed by atoms with Crippen LogP contribution in [0.1, 0.15) is 11.4 Å². The molecule has 0 atom stereocenters. The summed E-state index contributed by atoms with van der Waals surface area (Å²) in [6, 6.07) is 0. The number of anilines is 1. The first-order valence-corrected chi connectivity index (χ1v) is 4.03. The van der Waals surface area contributed by atoms with Crippen LogP contribution in [-0.4, -0.2) is 23.2 Å². The fourth-order valence-electron chi connectivity index (χ4n) is 0.888. The number of hydrogen-bond donors (Lipinski definition) is 2. The number of carbonyl (C=O) groups is 1. The van der Waals surface area contributed by atoms with Crippen LogP contribution in [0.2, 0.25) is 0 Å². The molecule has 76 valence electrons. The Kier molecular flexibility index (Phi) is 3.22. The van der Waals surface area contributed by atoms with Crippen LogP contribution in [0, 0.1) is 6.92 Å². The van der Waals surface area contributed by atoms with E-state index >= 15 is 0 Å². The van der Waals surface area contributed by atoms with Crippen LogP contribution in [0.5, 0.6) is 0 Å². The van der Waals surface area contributed by atoms with E-state index in [1.807, 2.05) is 0 Å². The normalized spacial score (nSPS) is 9.57. The van der Waals surface area contributed by atoms with Gasteiger partial charge < -0.3 is 15.8 Å². The van der Waals surface area contributed by atoms with E-state index in [2.05, 4.69) is 20.0 Å². The van der Waals surface area contributed by atoms with Crippen molar-refractivity contribution in [1.29, 1.82) is 0 Å². The number of nitrogen functional groups attached to an aromatic ring is 1. The summed E-state index contributed by atoms with van der Waals surface area (Å²) in [6.07, 6.45) is 1.07. The summed E-state index contributed by atoms with van der Waals surface area (Å²) < 4.78 is 4.40. The van der Waals surface area contributed by atoms with E-state index in [1.165, 1.54) is 7.11 Å². The van der Waals surface area contributed by atoms with Gasteiger partial charge in [-0.15, -0.1) is 0 Å². The molecule has 6 heteroatoms. The fraction of sp³-hybridized carbons (Fsp3) is 0.375. The molecule has 3 N–H and O–H groups in total. The summed E-state index contributed by atoms with van der Waals surface area (Å²) in [5.41, 5.74) is 6.27. The molecule has 14 heavy (non-hydrogen) atoms. The SMILES string of the molecule is COC(=O)NCc1cnc(C)nc1N. The molecule has 6 nitrogen and oxygen atoms in total. The quantitative estimate of drug-likeness (QED) is 0.706. The molecule has 0 aliphatic rings. The Balaban J connectivity index is 2.63. The van der Waals surface area contributed by atoms with Crippen LogP contribution in [0.3, 0.4) is 0 Å². The number of hydrogen-bond acceptors (Lipinski definition) is 5. The van der Waals surface area contributed by atoms with E-state index in [9.17, 15) is 4.79 Å². The first-order valence-electron chi connectivity index (χ1n) is 4.03. The number of ether oxygens (including phenoxy) is 1. The van der Waals surface area contributed by atoms with Crippen LogP contribution in [0.4, 0.5) is 10.6 Å².